The van der Waals surface area contributed by atoms with Crippen LogP contribution in [0.1, 0.15) is 19.3 Å². The SMILES string of the molecule is NC(CN1CCCCC1)C(=O)N1CCN(c2ccc(F)cc2F)CC1. The van der Waals surface area contributed by atoms with Gasteiger partial charge in [-0.1, -0.05) is 6.42 Å². The molecular weight excluding hydrogens is 326 g/mol. The second kappa shape index (κ2) is 8.10. The zero-order chi connectivity index (χ0) is 17.8. The van der Waals surface area contributed by atoms with E-state index in [0.717, 1.165) is 19.2 Å². The Hall–Kier alpha value is -1.73. The van der Waals surface area contributed by atoms with Crippen LogP contribution in [0.15, 0.2) is 18.2 Å². The van der Waals surface area contributed by atoms with Crippen LogP contribution in [0.4, 0.5) is 14.5 Å². The summed E-state index contributed by atoms with van der Waals surface area (Å²) in [6, 6.07) is 3.09. The highest BCUT2D eigenvalue weighted by Gasteiger charge is 2.27. The number of hydrogen-bond donors (Lipinski definition) is 1. The molecule has 1 amide bonds. The van der Waals surface area contributed by atoms with Crippen LogP contribution in [-0.2, 0) is 4.79 Å². The number of nitrogens with two attached hydrogens (primary N) is 1. The third-order valence-electron chi connectivity index (χ3n) is 5.06. The fourth-order valence-corrected chi connectivity index (χ4v) is 3.64. The largest absolute Gasteiger partial charge is 0.366 e. The van der Waals surface area contributed by atoms with Crippen LogP contribution in [0.5, 0.6) is 0 Å². The van der Waals surface area contributed by atoms with Crippen molar-refractivity contribution in [2.45, 2.75) is 25.3 Å². The summed E-state index contributed by atoms with van der Waals surface area (Å²) in [5.41, 5.74) is 6.50. The van der Waals surface area contributed by atoms with Crippen LogP contribution in [-0.4, -0.2) is 67.6 Å². The van der Waals surface area contributed by atoms with E-state index >= 15 is 0 Å². The molecule has 1 atom stereocenters. The van der Waals surface area contributed by atoms with E-state index in [4.69, 9.17) is 5.73 Å². The molecule has 1 aromatic rings. The Bertz CT molecular complexity index is 599. The lowest BCUT2D eigenvalue weighted by Gasteiger charge is -2.38. The standard InChI is InChI=1S/C18H26F2N4O/c19-14-4-5-17(15(20)12-14)23-8-10-24(11-9-23)18(25)16(21)13-22-6-2-1-3-7-22/h4-5,12,16H,1-3,6-11,13,21H2. The summed E-state index contributed by atoms with van der Waals surface area (Å²) in [5.74, 6) is -1.19. The van der Waals surface area contributed by atoms with Crippen LogP contribution >= 0.6 is 0 Å². The average Bonchev–Trinajstić information content (AvgIpc) is 2.62. The number of carbonyl (C=O) groups excluding carboxylic acids is 1. The van der Waals surface area contributed by atoms with Gasteiger partial charge in [0, 0.05) is 38.8 Å². The van der Waals surface area contributed by atoms with Gasteiger partial charge in [-0.15, -0.1) is 0 Å². The van der Waals surface area contributed by atoms with Gasteiger partial charge >= 0.3 is 0 Å². The number of piperazine rings is 1. The first-order valence-electron chi connectivity index (χ1n) is 9.01. The number of benzene rings is 1. The molecule has 25 heavy (non-hydrogen) atoms. The van der Waals surface area contributed by atoms with E-state index in [1.165, 1.54) is 31.4 Å². The molecule has 5 nitrogen and oxygen atoms in total. The van der Waals surface area contributed by atoms with Crippen LogP contribution in [0, 0.1) is 11.6 Å². The average molecular weight is 352 g/mol. The van der Waals surface area contributed by atoms with E-state index < -0.39 is 17.7 Å². The number of carbonyl (C=O) groups is 1. The van der Waals surface area contributed by atoms with Crippen molar-refractivity contribution in [2.24, 2.45) is 5.73 Å². The van der Waals surface area contributed by atoms with E-state index in [1.54, 1.807) is 4.90 Å². The van der Waals surface area contributed by atoms with Crippen molar-refractivity contribution in [2.75, 3.05) is 50.7 Å². The quantitative estimate of drug-likeness (QED) is 0.891. The molecule has 2 fully saturated rings. The predicted octanol–water partition coefficient (Wildman–Crippen LogP) is 1.43. The Kier molecular flexibility index (Phi) is 5.86. The molecule has 2 aliphatic heterocycles. The second-order valence-corrected chi connectivity index (χ2v) is 6.88. The van der Waals surface area contributed by atoms with Crippen molar-refractivity contribution in [1.82, 2.24) is 9.80 Å². The molecule has 0 aliphatic carbocycles. The van der Waals surface area contributed by atoms with Gasteiger partial charge < -0.3 is 20.4 Å². The van der Waals surface area contributed by atoms with Crippen LogP contribution in [0.3, 0.4) is 0 Å². The van der Waals surface area contributed by atoms with Crippen molar-refractivity contribution < 1.29 is 13.6 Å². The Morgan fingerprint density at radius 2 is 1.72 bits per heavy atom. The number of piperidine rings is 1. The summed E-state index contributed by atoms with van der Waals surface area (Å²) in [5, 5.41) is 0. The summed E-state index contributed by atoms with van der Waals surface area (Å²) in [7, 11) is 0. The summed E-state index contributed by atoms with van der Waals surface area (Å²) in [4.78, 5) is 18.4. The van der Waals surface area contributed by atoms with E-state index in [1.807, 2.05) is 4.90 Å². The Balaban J connectivity index is 1.51. The number of halogens is 2. The summed E-state index contributed by atoms with van der Waals surface area (Å²) < 4.78 is 26.9. The number of amides is 1. The van der Waals surface area contributed by atoms with Gasteiger partial charge in [0.25, 0.3) is 0 Å². The molecule has 2 N–H and O–H groups in total. The molecule has 2 heterocycles. The molecule has 2 aliphatic rings. The summed E-state index contributed by atoms with van der Waals surface area (Å²) in [6.07, 6.45) is 3.59. The van der Waals surface area contributed by atoms with Gasteiger partial charge in [0.15, 0.2) is 0 Å². The highest BCUT2D eigenvalue weighted by atomic mass is 19.1. The first-order valence-corrected chi connectivity index (χ1v) is 9.01. The first-order chi connectivity index (χ1) is 12.0. The van der Waals surface area contributed by atoms with Gasteiger partial charge in [-0.05, 0) is 38.1 Å². The monoisotopic (exact) mass is 352 g/mol. The maximum atomic E-state index is 13.9. The van der Waals surface area contributed by atoms with Gasteiger partial charge in [-0.2, -0.15) is 0 Å². The Labute approximate surface area is 147 Å². The maximum Gasteiger partial charge on any atom is 0.240 e. The van der Waals surface area contributed by atoms with Gasteiger partial charge in [-0.25, -0.2) is 8.78 Å². The lowest BCUT2D eigenvalue weighted by molar-refractivity contribution is -0.133. The fourth-order valence-electron chi connectivity index (χ4n) is 3.64. The van der Waals surface area contributed by atoms with Crippen LogP contribution in [0.2, 0.25) is 0 Å². The molecule has 138 valence electrons. The van der Waals surface area contributed by atoms with Gasteiger partial charge in [0.2, 0.25) is 5.91 Å². The minimum absolute atomic E-state index is 0.0372. The van der Waals surface area contributed by atoms with Crippen molar-refractivity contribution in [3.63, 3.8) is 0 Å². The molecule has 0 saturated carbocycles. The maximum absolute atomic E-state index is 13.9. The number of hydrogen-bond acceptors (Lipinski definition) is 4. The molecule has 1 unspecified atom stereocenters. The van der Waals surface area contributed by atoms with Crippen molar-refractivity contribution in [1.29, 1.82) is 0 Å². The molecule has 3 rings (SSSR count). The van der Waals surface area contributed by atoms with Crippen molar-refractivity contribution >= 4 is 11.6 Å². The lowest BCUT2D eigenvalue weighted by atomic mass is 10.1. The van der Waals surface area contributed by atoms with Crippen molar-refractivity contribution in [3.8, 4) is 0 Å². The predicted molar refractivity (Wildman–Crippen MR) is 93.4 cm³/mol. The van der Waals surface area contributed by atoms with Crippen molar-refractivity contribution in [3.05, 3.63) is 29.8 Å². The molecule has 0 aromatic heterocycles. The van der Waals surface area contributed by atoms with E-state index in [-0.39, 0.29) is 5.91 Å². The zero-order valence-corrected chi connectivity index (χ0v) is 14.5. The Morgan fingerprint density at radius 1 is 1.04 bits per heavy atom. The highest BCUT2D eigenvalue weighted by Crippen LogP contribution is 2.21. The number of likely N-dealkylation sites (tertiary alicyclic amines) is 1. The minimum Gasteiger partial charge on any atom is -0.366 e. The normalized spacial score (nSPS) is 20.6. The van der Waals surface area contributed by atoms with E-state index in [9.17, 15) is 13.6 Å². The molecule has 7 heteroatoms. The summed E-state index contributed by atoms with van der Waals surface area (Å²) >= 11 is 0. The smallest absolute Gasteiger partial charge is 0.240 e. The number of nitrogens with zero attached hydrogens (tertiary/aromatic N) is 3. The molecule has 1 aromatic carbocycles. The van der Waals surface area contributed by atoms with Crippen LogP contribution in [0.25, 0.3) is 0 Å². The first kappa shape index (κ1) is 18.1. The molecule has 0 bridgehead atoms. The van der Waals surface area contributed by atoms with Gasteiger partial charge in [-0.3, -0.25) is 4.79 Å². The zero-order valence-electron chi connectivity index (χ0n) is 14.5. The highest BCUT2D eigenvalue weighted by molar-refractivity contribution is 5.82. The topological polar surface area (TPSA) is 52.8 Å². The minimum atomic E-state index is -0.584. The van der Waals surface area contributed by atoms with Gasteiger partial charge in [0.1, 0.15) is 11.6 Å². The summed E-state index contributed by atoms with van der Waals surface area (Å²) in [6.45, 7) is 4.67. The van der Waals surface area contributed by atoms with E-state index in [0.29, 0.717) is 38.4 Å². The number of rotatable bonds is 4. The van der Waals surface area contributed by atoms with Gasteiger partial charge in [0.05, 0.1) is 11.7 Å². The Morgan fingerprint density at radius 3 is 2.36 bits per heavy atom. The lowest BCUT2D eigenvalue weighted by Crippen LogP contribution is -2.56. The number of anilines is 1. The molecule has 0 spiro atoms. The molecular formula is C18H26F2N4O. The molecule has 0 radical (unpaired) electrons. The second-order valence-electron chi connectivity index (χ2n) is 6.88. The fraction of sp³-hybridized carbons (Fsp3) is 0.611. The third-order valence-corrected chi connectivity index (χ3v) is 5.06. The molecule has 2 saturated heterocycles. The third kappa shape index (κ3) is 4.46. The van der Waals surface area contributed by atoms with E-state index in [2.05, 4.69) is 4.90 Å². The van der Waals surface area contributed by atoms with Crippen LogP contribution < -0.4 is 10.6 Å².